The van der Waals surface area contributed by atoms with E-state index in [4.69, 9.17) is 14.6 Å². The van der Waals surface area contributed by atoms with Gasteiger partial charge in [0.1, 0.15) is 5.60 Å². The van der Waals surface area contributed by atoms with Gasteiger partial charge < -0.3 is 19.5 Å². The number of aliphatic carboxylic acids is 1. The molecule has 2 fully saturated rings. The third kappa shape index (κ3) is 3.42. The first-order chi connectivity index (χ1) is 9.21. The molecular formula is C14H23NO5. The summed E-state index contributed by atoms with van der Waals surface area (Å²) < 4.78 is 11.1. The molecule has 1 spiro atoms. The van der Waals surface area contributed by atoms with Gasteiger partial charge >= 0.3 is 12.1 Å². The van der Waals surface area contributed by atoms with Crippen LogP contribution in [0, 0.1) is 5.92 Å². The van der Waals surface area contributed by atoms with Gasteiger partial charge in [0.2, 0.25) is 0 Å². The zero-order valence-electron chi connectivity index (χ0n) is 12.3. The first-order valence-corrected chi connectivity index (χ1v) is 7.05. The van der Waals surface area contributed by atoms with Crippen LogP contribution < -0.4 is 0 Å². The third-order valence-electron chi connectivity index (χ3n) is 3.75. The van der Waals surface area contributed by atoms with Gasteiger partial charge in [-0.05, 0) is 40.0 Å². The fourth-order valence-electron chi connectivity index (χ4n) is 2.87. The van der Waals surface area contributed by atoms with Gasteiger partial charge in [-0.15, -0.1) is 0 Å². The number of ether oxygens (including phenoxy) is 2. The number of carboxylic acids is 1. The number of hydrogen-bond acceptors (Lipinski definition) is 4. The molecule has 0 saturated carbocycles. The van der Waals surface area contributed by atoms with Crippen molar-refractivity contribution in [1.29, 1.82) is 0 Å². The predicted molar refractivity (Wildman–Crippen MR) is 71.5 cm³/mol. The van der Waals surface area contributed by atoms with Gasteiger partial charge in [-0.25, -0.2) is 4.79 Å². The second-order valence-corrected chi connectivity index (χ2v) is 6.74. The monoisotopic (exact) mass is 285 g/mol. The molecule has 0 aromatic rings. The molecule has 2 aliphatic heterocycles. The van der Waals surface area contributed by atoms with Crippen molar-refractivity contribution >= 4 is 12.1 Å². The molecule has 0 bridgehead atoms. The molecule has 20 heavy (non-hydrogen) atoms. The maximum absolute atomic E-state index is 12.1. The summed E-state index contributed by atoms with van der Waals surface area (Å²) >= 11 is 0. The maximum atomic E-state index is 12.1. The van der Waals surface area contributed by atoms with E-state index in [0.717, 1.165) is 12.8 Å². The molecule has 2 heterocycles. The Bertz CT molecular complexity index is 403. The highest BCUT2D eigenvalue weighted by atomic mass is 16.6. The number of carboxylic acid groups (broad SMARTS) is 1. The van der Waals surface area contributed by atoms with Crippen molar-refractivity contribution in [2.24, 2.45) is 5.92 Å². The van der Waals surface area contributed by atoms with Crippen LogP contribution in [-0.2, 0) is 14.3 Å². The van der Waals surface area contributed by atoms with E-state index >= 15 is 0 Å². The fraction of sp³-hybridized carbons (Fsp3) is 0.857. The molecular weight excluding hydrogens is 262 g/mol. The van der Waals surface area contributed by atoms with Crippen LogP contribution >= 0.6 is 0 Å². The van der Waals surface area contributed by atoms with Crippen LogP contribution in [0.3, 0.4) is 0 Å². The number of carbonyl (C=O) groups excluding carboxylic acids is 1. The van der Waals surface area contributed by atoms with E-state index in [-0.39, 0.29) is 12.7 Å². The molecule has 2 atom stereocenters. The Labute approximate surface area is 119 Å². The SMILES string of the molecule is CC(C)(C)OC(=O)N1CCCC2(CC(C(=O)O)CO2)C1. The number of carbonyl (C=O) groups is 2. The van der Waals surface area contributed by atoms with Crippen LogP contribution in [0.5, 0.6) is 0 Å². The maximum Gasteiger partial charge on any atom is 0.410 e. The molecule has 1 amide bonds. The van der Waals surface area contributed by atoms with Crippen LogP contribution in [-0.4, -0.2) is 53.0 Å². The Hall–Kier alpha value is -1.30. The molecule has 2 aliphatic rings. The van der Waals surface area contributed by atoms with Crippen molar-refractivity contribution in [2.75, 3.05) is 19.7 Å². The minimum absolute atomic E-state index is 0.234. The Morgan fingerprint density at radius 1 is 1.40 bits per heavy atom. The largest absolute Gasteiger partial charge is 0.481 e. The summed E-state index contributed by atoms with van der Waals surface area (Å²) in [6.07, 6.45) is 1.74. The predicted octanol–water partition coefficient (Wildman–Crippen LogP) is 1.88. The number of piperidine rings is 1. The summed E-state index contributed by atoms with van der Waals surface area (Å²) in [5.74, 6) is -1.29. The Morgan fingerprint density at radius 3 is 2.65 bits per heavy atom. The molecule has 6 heteroatoms. The van der Waals surface area contributed by atoms with E-state index in [1.165, 1.54) is 0 Å². The van der Waals surface area contributed by atoms with Crippen molar-refractivity contribution in [2.45, 2.75) is 51.2 Å². The zero-order valence-corrected chi connectivity index (χ0v) is 12.3. The molecule has 0 aromatic heterocycles. The van der Waals surface area contributed by atoms with Gasteiger partial charge in [-0.1, -0.05) is 0 Å². The fourth-order valence-corrected chi connectivity index (χ4v) is 2.87. The molecule has 0 aliphatic carbocycles. The van der Waals surface area contributed by atoms with E-state index < -0.39 is 23.1 Å². The number of rotatable bonds is 1. The minimum Gasteiger partial charge on any atom is -0.481 e. The number of nitrogens with zero attached hydrogens (tertiary/aromatic N) is 1. The van der Waals surface area contributed by atoms with Crippen LogP contribution in [0.25, 0.3) is 0 Å². The van der Waals surface area contributed by atoms with Crippen molar-refractivity contribution in [3.05, 3.63) is 0 Å². The van der Waals surface area contributed by atoms with Crippen molar-refractivity contribution in [3.63, 3.8) is 0 Å². The Kier molecular flexibility index (Phi) is 3.95. The lowest BCUT2D eigenvalue weighted by Crippen LogP contribution is -2.51. The average Bonchev–Trinajstić information content (AvgIpc) is 2.71. The molecule has 2 saturated heterocycles. The van der Waals surface area contributed by atoms with Crippen molar-refractivity contribution < 1.29 is 24.2 Å². The summed E-state index contributed by atoms with van der Waals surface area (Å²) in [5, 5.41) is 9.07. The van der Waals surface area contributed by atoms with E-state index in [9.17, 15) is 9.59 Å². The van der Waals surface area contributed by atoms with Gasteiger partial charge in [-0.3, -0.25) is 4.79 Å². The molecule has 0 radical (unpaired) electrons. The number of hydrogen-bond donors (Lipinski definition) is 1. The highest BCUT2D eigenvalue weighted by molar-refractivity contribution is 5.71. The zero-order chi connectivity index (χ0) is 15.0. The van der Waals surface area contributed by atoms with Gasteiger partial charge in [0.15, 0.2) is 0 Å². The number of likely N-dealkylation sites (tertiary alicyclic amines) is 1. The Balaban J connectivity index is 1.99. The van der Waals surface area contributed by atoms with E-state index in [0.29, 0.717) is 19.5 Å². The van der Waals surface area contributed by atoms with Crippen molar-refractivity contribution in [3.8, 4) is 0 Å². The molecule has 0 aromatic carbocycles. The summed E-state index contributed by atoms with van der Waals surface area (Å²) in [7, 11) is 0. The van der Waals surface area contributed by atoms with Gasteiger partial charge in [0.05, 0.1) is 24.7 Å². The molecule has 114 valence electrons. The third-order valence-corrected chi connectivity index (χ3v) is 3.75. The van der Waals surface area contributed by atoms with Gasteiger partial charge in [-0.2, -0.15) is 0 Å². The standard InChI is InChI=1S/C14H23NO5/c1-13(2,3)20-12(18)15-6-4-5-14(9-15)7-10(8-19-14)11(16)17/h10H,4-9H2,1-3H3,(H,16,17). The van der Waals surface area contributed by atoms with Crippen molar-refractivity contribution in [1.82, 2.24) is 4.90 Å². The van der Waals surface area contributed by atoms with Crippen LogP contribution in [0.15, 0.2) is 0 Å². The average molecular weight is 285 g/mol. The molecule has 6 nitrogen and oxygen atoms in total. The normalized spacial score (nSPS) is 30.6. The van der Waals surface area contributed by atoms with E-state index in [1.807, 2.05) is 20.8 Å². The smallest absolute Gasteiger partial charge is 0.410 e. The lowest BCUT2D eigenvalue weighted by atomic mass is 9.87. The molecule has 2 unspecified atom stereocenters. The summed E-state index contributed by atoms with van der Waals surface area (Å²) in [6, 6.07) is 0. The highest BCUT2D eigenvalue weighted by Crippen LogP contribution is 2.37. The van der Waals surface area contributed by atoms with Gasteiger partial charge in [0, 0.05) is 6.54 Å². The van der Waals surface area contributed by atoms with Crippen LogP contribution in [0.1, 0.15) is 40.0 Å². The second-order valence-electron chi connectivity index (χ2n) is 6.74. The topological polar surface area (TPSA) is 76.1 Å². The van der Waals surface area contributed by atoms with Gasteiger partial charge in [0.25, 0.3) is 0 Å². The Morgan fingerprint density at radius 2 is 2.10 bits per heavy atom. The summed E-state index contributed by atoms with van der Waals surface area (Å²) in [5.41, 5.74) is -1.03. The van der Waals surface area contributed by atoms with E-state index in [2.05, 4.69) is 0 Å². The second kappa shape index (κ2) is 5.24. The number of amides is 1. The highest BCUT2D eigenvalue weighted by Gasteiger charge is 2.47. The molecule has 1 N–H and O–H groups in total. The lowest BCUT2D eigenvalue weighted by Gasteiger charge is -2.40. The summed E-state index contributed by atoms with van der Waals surface area (Å²) in [4.78, 5) is 24.8. The first-order valence-electron chi connectivity index (χ1n) is 7.05. The van der Waals surface area contributed by atoms with Crippen LogP contribution in [0.2, 0.25) is 0 Å². The summed E-state index contributed by atoms with van der Waals surface area (Å²) in [6.45, 7) is 6.78. The quantitative estimate of drug-likeness (QED) is 0.796. The minimum atomic E-state index is -0.823. The lowest BCUT2D eigenvalue weighted by molar-refractivity contribution is -0.141. The van der Waals surface area contributed by atoms with Crippen LogP contribution in [0.4, 0.5) is 4.79 Å². The molecule has 2 rings (SSSR count). The first kappa shape index (κ1) is 15.1. The van der Waals surface area contributed by atoms with E-state index in [1.54, 1.807) is 4.90 Å².